The molecule has 0 spiro atoms. The number of rotatable bonds is 5. The van der Waals surface area contributed by atoms with E-state index in [0.29, 0.717) is 39.9 Å². The molecule has 1 aliphatic carbocycles. The lowest BCUT2D eigenvalue weighted by atomic mass is 9.74. The summed E-state index contributed by atoms with van der Waals surface area (Å²) in [5.74, 6) is 0.673. The van der Waals surface area contributed by atoms with E-state index in [-0.39, 0.29) is 5.78 Å². The zero-order valence-corrected chi connectivity index (χ0v) is 24.5. The van der Waals surface area contributed by atoms with Gasteiger partial charge in [-0.3, -0.25) is 9.69 Å². The van der Waals surface area contributed by atoms with E-state index >= 15 is 0 Å². The van der Waals surface area contributed by atoms with E-state index in [1.165, 1.54) is 5.56 Å². The Labute approximate surface area is 244 Å². The summed E-state index contributed by atoms with van der Waals surface area (Å²) < 4.78 is 0. The van der Waals surface area contributed by atoms with Gasteiger partial charge in [-0.05, 0) is 97.8 Å². The molecule has 198 valence electrons. The molecule has 5 rings (SSSR count). The van der Waals surface area contributed by atoms with E-state index in [1.54, 1.807) is 11.8 Å². The summed E-state index contributed by atoms with van der Waals surface area (Å²) in [5, 5.41) is 11.8. The first-order chi connectivity index (χ1) is 18.7. The Morgan fingerprint density at radius 2 is 1.74 bits per heavy atom. The van der Waals surface area contributed by atoms with Gasteiger partial charge >= 0.3 is 0 Å². The van der Waals surface area contributed by atoms with Gasteiger partial charge in [0, 0.05) is 44.1 Å². The highest BCUT2D eigenvalue weighted by atomic mass is 35.5. The van der Waals surface area contributed by atoms with Gasteiger partial charge in [-0.1, -0.05) is 41.4 Å². The number of Topliss-reactive ketones (excluding diaryl/α,β-unsaturated/α-hetero) is 1. The molecule has 2 N–H and O–H groups in total. The molecule has 0 saturated heterocycles. The number of halogens is 2. The lowest BCUT2D eigenvalue weighted by Crippen LogP contribution is -2.39. The smallest absolute Gasteiger partial charge is 0.161 e. The quantitative estimate of drug-likeness (QED) is 0.310. The second-order valence-electron chi connectivity index (χ2n) is 10.1. The number of aryl methyl sites for hydroxylation is 3. The Morgan fingerprint density at radius 3 is 2.44 bits per heavy atom. The standard InChI is InChI=1S/C32H29Cl2N3OS/c1-18-7-10-23(15-27(18)34)37-28-5-4-6-29(38)31(28)30(26(16-35)32(37)36)25-14-21(19(2)13-20(25)3)17-39-24-11-8-22(33)9-12-24/h7-15,30H,4-6,17,36H2,1-3H3. The van der Waals surface area contributed by atoms with Crippen LogP contribution < -0.4 is 10.6 Å². The van der Waals surface area contributed by atoms with Gasteiger partial charge in [0.25, 0.3) is 0 Å². The minimum absolute atomic E-state index is 0.0711. The summed E-state index contributed by atoms with van der Waals surface area (Å²) in [7, 11) is 0. The van der Waals surface area contributed by atoms with Crippen LogP contribution in [0.25, 0.3) is 0 Å². The minimum atomic E-state index is -0.505. The van der Waals surface area contributed by atoms with Crippen molar-refractivity contribution >= 4 is 46.4 Å². The topological polar surface area (TPSA) is 70.1 Å². The fraction of sp³-hybridized carbons (Fsp3) is 0.250. The van der Waals surface area contributed by atoms with Gasteiger partial charge in [-0.15, -0.1) is 11.8 Å². The Morgan fingerprint density at radius 1 is 1.00 bits per heavy atom. The van der Waals surface area contributed by atoms with E-state index in [9.17, 15) is 10.1 Å². The van der Waals surface area contributed by atoms with Crippen molar-refractivity contribution < 1.29 is 4.79 Å². The number of ketones is 1. The van der Waals surface area contributed by atoms with Crippen LogP contribution in [0.4, 0.5) is 5.69 Å². The Hall–Kier alpha value is -3.17. The molecule has 0 aromatic heterocycles. The molecule has 3 aromatic carbocycles. The number of hydrogen-bond acceptors (Lipinski definition) is 5. The number of nitrogens with two attached hydrogens (primary N) is 1. The molecule has 0 amide bonds. The van der Waals surface area contributed by atoms with Gasteiger partial charge in [-0.25, -0.2) is 0 Å². The largest absolute Gasteiger partial charge is 0.384 e. The first-order valence-corrected chi connectivity index (χ1v) is 14.6. The first-order valence-electron chi connectivity index (χ1n) is 12.9. The molecule has 3 aromatic rings. The molecule has 1 heterocycles. The molecule has 1 aliphatic heterocycles. The molecule has 7 heteroatoms. The summed E-state index contributed by atoms with van der Waals surface area (Å²) in [6.07, 6.45) is 1.90. The maximum Gasteiger partial charge on any atom is 0.161 e. The average Bonchev–Trinajstić information content (AvgIpc) is 2.90. The van der Waals surface area contributed by atoms with Crippen molar-refractivity contribution in [2.24, 2.45) is 5.73 Å². The SMILES string of the molecule is Cc1ccc(N2C(N)=C(C#N)C(c3cc(CSc4ccc(Cl)cc4)c(C)cc3C)C3=C2CCCC3=O)cc1Cl. The van der Waals surface area contributed by atoms with Gasteiger partial charge in [0.1, 0.15) is 5.82 Å². The van der Waals surface area contributed by atoms with Crippen LogP contribution >= 0.6 is 35.0 Å². The van der Waals surface area contributed by atoms with Crippen molar-refractivity contribution in [1.82, 2.24) is 0 Å². The maximum atomic E-state index is 13.6. The third-order valence-electron chi connectivity index (χ3n) is 7.57. The zero-order valence-electron chi connectivity index (χ0n) is 22.1. The number of nitrogens with zero attached hydrogens (tertiary/aromatic N) is 2. The number of hydrogen-bond donors (Lipinski definition) is 1. The molecule has 0 bridgehead atoms. The first kappa shape index (κ1) is 27.4. The lowest BCUT2D eigenvalue weighted by molar-refractivity contribution is -0.116. The number of allylic oxidation sites excluding steroid dienone is 3. The van der Waals surface area contributed by atoms with Crippen molar-refractivity contribution in [3.63, 3.8) is 0 Å². The van der Waals surface area contributed by atoms with Gasteiger partial charge in [0.05, 0.1) is 17.6 Å². The van der Waals surface area contributed by atoms with Crippen LogP contribution in [-0.4, -0.2) is 5.78 Å². The Kier molecular flexibility index (Phi) is 7.82. The van der Waals surface area contributed by atoms with Crippen molar-refractivity contribution in [1.29, 1.82) is 5.26 Å². The number of benzene rings is 3. The van der Waals surface area contributed by atoms with E-state index in [2.05, 4.69) is 25.1 Å². The highest BCUT2D eigenvalue weighted by Crippen LogP contribution is 2.47. The fourth-order valence-corrected chi connectivity index (χ4v) is 6.75. The molecule has 0 fully saturated rings. The minimum Gasteiger partial charge on any atom is -0.384 e. The fourth-order valence-electron chi connectivity index (χ4n) is 5.49. The van der Waals surface area contributed by atoms with Crippen LogP contribution in [0.1, 0.15) is 53.0 Å². The van der Waals surface area contributed by atoms with Crippen LogP contribution in [-0.2, 0) is 10.5 Å². The van der Waals surface area contributed by atoms with Crippen molar-refractivity contribution in [3.8, 4) is 6.07 Å². The normalized spacial score (nSPS) is 17.4. The zero-order chi connectivity index (χ0) is 27.8. The molecular weight excluding hydrogens is 545 g/mol. The lowest BCUT2D eigenvalue weighted by Gasteiger charge is -2.40. The third kappa shape index (κ3) is 5.22. The predicted molar refractivity (Wildman–Crippen MR) is 161 cm³/mol. The summed E-state index contributed by atoms with van der Waals surface area (Å²) in [6, 6.07) is 20.2. The highest BCUT2D eigenvalue weighted by molar-refractivity contribution is 7.98. The molecule has 0 saturated carbocycles. The summed E-state index contributed by atoms with van der Waals surface area (Å²) in [6.45, 7) is 6.09. The van der Waals surface area contributed by atoms with Crippen LogP contribution in [0, 0.1) is 32.1 Å². The Balaban J connectivity index is 1.62. The van der Waals surface area contributed by atoms with Gasteiger partial charge < -0.3 is 5.73 Å². The molecule has 2 aliphatic rings. The van der Waals surface area contributed by atoms with Gasteiger partial charge in [0.15, 0.2) is 5.78 Å². The van der Waals surface area contributed by atoms with Crippen molar-refractivity contribution in [2.45, 2.75) is 56.6 Å². The van der Waals surface area contributed by atoms with Crippen LogP contribution in [0.5, 0.6) is 0 Å². The van der Waals surface area contributed by atoms with E-state index in [1.807, 2.05) is 61.2 Å². The summed E-state index contributed by atoms with van der Waals surface area (Å²) in [4.78, 5) is 16.6. The third-order valence-corrected chi connectivity index (χ3v) is 9.29. The Bertz CT molecular complexity index is 1580. The summed E-state index contributed by atoms with van der Waals surface area (Å²) >= 11 is 14.3. The highest BCUT2D eigenvalue weighted by Gasteiger charge is 2.41. The predicted octanol–water partition coefficient (Wildman–Crippen LogP) is 8.52. The second-order valence-corrected chi connectivity index (χ2v) is 12.0. The van der Waals surface area contributed by atoms with Gasteiger partial charge in [0.2, 0.25) is 0 Å². The van der Waals surface area contributed by atoms with Crippen molar-refractivity contribution in [3.05, 3.63) is 115 Å². The number of anilines is 1. The number of nitriles is 1. The van der Waals surface area contributed by atoms with Gasteiger partial charge in [-0.2, -0.15) is 5.26 Å². The van der Waals surface area contributed by atoms with E-state index in [0.717, 1.165) is 50.7 Å². The van der Waals surface area contributed by atoms with Crippen LogP contribution in [0.2, 0.25) is 10.0 Å². The average molecular weight is 575 g/mol. The molecule has 1 atom stereocenters. The number of carbonyl (C=O) groups is 1. The van der Waals surface area contributed by atoms with E-state index < -0.39 is 5.92 Å². The number of thioether (sulfide) groups is 1. The second kappa shape index (κ2) is 11.1. The van der Waals surface area contributed by atoms with Crippen LogP contribution in [0.15, 0.2) is 82.2 Å². The molecule has 1 unspecified atom stereocenters. The maximum absolute atomic E-state index is 13.6. The monoisotopic (exact) mass is 573 g/mol. The number of carbonyl (C=O) groups excluding carboxylic acids is 1. The molecule has 0 radical (unpaired) electrons. The molecule has 4 nitrogen and oxygen atoms in total. The van der Waals surface area contributed by atoms with Crippen LogP contribution in [0.3, 0.4) is 0 Å². The molecular formula is C32H29Cl2N3OS. The van der Waals surface area contributed by atoms with Crippen molar-refractivity contribution in [2.75, 3.05) is 4.90 Å². The summed E-state index contributed by atoms with van der Waals surface area (Å²) in [5.41, 5.74) is 14.7. The molecule has 39 heavy (non-hydrogen) atoms. The van der Waals surface area contributed by atoms with E-state index in [4.69, 9.17) is 28.9 Å².